The van der Waals surface area contributed by atoms with Gasteiger partial charge in [0.15, 0.2) is 0 Å². The molecule has 0 aliphatic heterocycles. The maximum atomic E-state index is 5.41. The summed E-state index contributed by atoms with van der Waals surface area (Å²) < 4.78 is 5.41. The Balaban J connectivity index is 3.85. The minimum absolute atomic E-state index is 0.374. The summed E-state index contributed by atoms with van der Waals surface area (Å²) in [6.45, 7) is 15.0. The molecule has 0 aromatic heterocycles. The van der Waals surface area contributed by atoms with E-state index < -0.39 is 0 Å². The Morgan fingerprint density at radius 2 is 1.86 bits per heavy atom. The predicted molar refractivity (Wildman–Crippen MR) is 62.6 cm³/mol. The first-order chi connectivity index (χ1) is 6.52. The van der Waals surface area contributed by atoms with Crippen molar-refractivity contribution in [1.29, 1.82) is 0 Å². The summed E-state index contributed by atoms with van der Waals surface area (Å²) in [5, 5.41) is 3.43. The topological polar surface area (TPSA) is 21.3 Å². The Hall–Kier alpha value is -0.0800. The molecule has 1 unspecified atom stereocenters. The average Bonchev–Trinajstić information content (AvgIpc) is 2.09. The van der Waals surface area contributed by atoms with Crippen LogP contribution in [0.25, 0.3) is 0 Å². The Morgan fingerprint density at radius 3 is 2.29 bits per heavy atom. The first-order valence-electron chi connectivity index (χ1n) is 5.80. The third kappa shape index (κ3) is 6.39. The second-order valence-corrected chi connectivity index (χ2v) is 4.86. The second-order valence-electron chi connectivity index (χ2n) is 4.86. The third-order valence-electron chi connectivity index (χ3n) is 2.68. The lowest BCUT2D eigenvalue weighted by Gasteiger charge is -2.31. The van der Waals surface area contributed by atoms with E-state index in [-0.39, 0.29) is 0 Å². The van der Waals surface area contributed by atoms with Gasteiger partial charge in [-0.3, -0.25) is 0 Å². The molecule has 2 nitrogen and oxygen atoms in total. The highest BCUT2D eigenvalue weighted by Gasteiger charge is 2.23. The number of hydrogen-bond acceptors (Lipinski definition) is 2. The molecular weight excluding hydrogens is 174 g/mol. The predicted octanol–water partition coefficient (Wildman–Crippen LogP) is 2.68. The van der Waals surface area contributed by atoms with Crippen LogP contribution in [-0.4, -0.2) is 26.3 Å². The van der Waals surface area contributed by atoms with Gasteiger partial charge in [0.2, 0.25) is 0 Å². The number of hydrogen-bond donors (Lipinski definition) is 1. The normalized spacial score (nSPS) is 14.4. The number of nitrogens with one attached hydrogen (secondary N) is 1. The average molecular weight is 201 g/mol. The molecule has 2 heteroatoms. The van der Waals surface area contributed by atoms with Crippen LogP contribution in [0.1, 0.15) is 41.0 Å². The first kappa shape index (κ1) is 13.9. The maximum absolute atomic E-state index is 5.41. The van der Waals surface area contributed by atoms with Crippen molar-refractivity contribution in [2.24, 2.45) is 11.3 Å². The zero-order valence-corrected chi connectivity index (χ0v) is 10.5. The highest BCUT2D eigenvalue weighted by Crippen LogP contribution is 2.28. The fourth-order valence-electron chi connectivity index (χ4n) is 1.53. The Kier molecular flexibility index (Phi) is 7.20. The van der Waals surface area contributed by atoms with Crippen LogP contribution in [0.5, 0.6) is 0 Å². The summed E-state index contributed by atoms with van der Waals surface area (Å²) >= 11 is 0. The van der Waals surface area contributed by atoms with Crippen LogP contribution in [0.15, 0.2) is 0 Å². The lowest BCUT2D eigenvalue weighted by atomic mass is 9.79. The van der Waals surface area contributed by atoms with Crippen LogP contribution in [0, 0.1) is 11.3 Å². The lowest BCUT2D eigenvalue weighted by molar-refractivity contribution is 0.105. The van der Waals surface area contributed by atoms with Gasteiger partial charge < -0.3 is 10.1 Å². The third-order valence-corrected chi connectivity index (χ3v) is 2.68. The van der Waals surface area contributed by atoms with E-state index in [1.807, 2.05) is 0 Å². The molecule has 86 valence electrons. The fraction of sp³-hybridized carbons (Fsp3) is 1.00. The molecule has 0 fully saturated rings. The summed E-state index contributed by atoms with van der Waals surface area (Å²) in [6.07, 6.45) is 1.16. The summed E-state index contributed by atoms with van der Waals surface area (Å²) in [7, 11) is 0. The van der Waals surface area contributed by atoms with Gasteiger partial charge in [-0.2, -0.15) is 0 Å². The van der Waals surface area contributed by atoms with Crippen molar-refractivity contribution in [1.82, 2.24) is 5.32 Å². The summed E-state index contributed by atoms with van der Waals surface area (Å²) in [4.78, 5) is 0. The smallest absolute Gasteiger partial charge is 0.0469 e. The minimum atomic E-state index is 0.374. The molecule has 0 saturated carbocycles. The van der Waals surface area contributed by atoms with Crippen LogP contribution < -0.4 is 5.32 Å². The molecule has 0 aliphatic carbocycles. The van der Waals surface area contributed by atoms with E-state index in [0.717, 1.165) is 32.7 Å². The molecule has 0 amide bonds. The first-order valence-corrected chi connectivity index (χ1v) is 5.80. The van der Waals surface area contributed by atoms with E-state index in [9.17, 15) is 0 Å². The van der Waals surface area contributed by atoms with Crippen molar-refractivity contribution in [2.45, 2.75) is 41.0 Å². The van der Waals surface area contributed by atoms with Crippen LogP contribution in [0.3, 0.4) is 0 Å². The molecule has 0 aromatic rings. The van der Waals surface area contributed by atoms with Crippen LogP contribution >= 0.6 is 0 Å². The fourth-order valence-corrected chi connectivity index (χ4v) is 1.53. The van der Waals surface area contributed by atoms with Crippen molar-refractivity contribution in [3.05, 3.63) is 0 Å². The molecule has 0 aliphatic rings. The van der Waals surface area contributed by atoms with Gasteiger partial charge in [-0.05, 0) is 37.8 Å². The van der Waals surface area contributed by atoms with Gasteiger partial charge in [0, 0.05) is 13.2 Å². The van der Waals surface area contributed by atoms with Gasteiger partial charge in [0.1, 0.15) is 0 Å². The number of ether oxygens (including phenoxy) is 1. The molecule has 0 rings (SSSR count). The van der Waals surface area contributed by atoms with Crippen molar-refractivity contribution < 1.29 is 4.74 Å². The Labute approximate surface area is 89.4 Å². The van der Waals surface area contributed by atoms with Gasteiger partial charge in [-0.15, -0.1) is 0 Å². The van der Waals surface area contributed by atoms with Crippen LogP contribution in [-0.2, 0) is 4.74 Å². The van der Waals surface area contributed by atoms with Gasteiger partial charge in [0.25, 0.3) is 0 Å². The lowest BCUT2D eigenvalue weighted by Crippen LogP contribution is -2.32. The van der Waals surface area contributed by atoms with E-state index >= 15 is 0 Å². The molecule has 0 heterocycles. The SMILES string of the molecule is CCNCC(CCOCC)C(C)(C)C. The summed E-state index contributed by atoms with van der Waals surface area (Å²) in [5.41, 5.74) is 0.374. The summed E-state index contributed by atoms with van der Waals surface area (Å²) in [6, 6.07) is 0. The van der Waals surface area contributed by atoms with Crippen molar-refractivity contribution in [3.8, 4) is 0 Å². The highest BCUT2D eigenvalue weighted by molar-refractivity contribution is 4.75. The zero-order valence-electron chi connectivity index (χ0n) is 10.5. The Bertz CT molecular complexity index is 129. The van der Waals surface area contributed by atoms with Crippen molar-refractivity contribution in [3.63, 3.8) is 0 Å². The largest absolute Gasteiger partial charge is 0.382 e. The monoisotopic (exact) mass is 201 g/mol. The zero-order chi connectivity index (χ0) is 11.0. The highest BCUT2D eigenvalue weighted by atomic mass is 16.5. The maximum Gasteiger partial charge on any atom is 0.0469 e. The van der Waals surface area contributed by atoms with Crippen LogP contribution in [0.2, 0.25) is 0 Å². The van der Waals surface area contributed by atoms with Crippen molar-refractivity contribution >= 4 is 0 Å². The molecule has 1 N–H and O–H groups in total. The van der Waals surface area contributed by atoms with Crippen LogP contribution in [0.4, 0.5) is 0 Å². The molecule has 0 saturated heterocycles. The van der Waals surface area contributed by atoms with E-state index in [1.165, 1.54) is 0 Å². The van der Waals surface area contributed by atoms with Crippen molar-refractivity contribution in [2.75, 3.05) is 26.3 Å². The molecule has 1 atom stereocenters. The van der Waals surface area contributed by atoms with Gasteiger partial charge in [-0.1, -0.05) is 27.7 Å². The minimum Gasteiger partial charge on any atom is -0.382 e. The molecule has 0 bridgehead atoms. The number of rotatable bonds is 7. The van der Waals surface area contributed by atoms with E-state index in [4.69, 9.17) is 4.74 Å². The quantitative estimate of drug-likeness (QED) is 0.639. The standard InChI is InChI=1S/C12H27NO/c1-6-13-10-11(12(3,4)5)8-9-14-7-2/h11,13H,6-10H2,1-5H3. The second kappa shape index (κ2) is 7.24. The molecular formula is C12H27NO. The summed E-state index contributed by atoms with van der Waals surface area (Å²) in [5.74, 6) is 0.703. The van der Waals surface area contributed by atoms with E-state index in [1.54, 1.807) is 0 Å². The molecule has 0 aromatic carbocycles. The molecule has 0 spiro atoms. The van der Waals surface area contributed by atoms with Gasteiger partial charge in [-0.25, -0.2) is 0 Å². The van der Waals surface area contributed by atoms with E-state index in [2.05, 4.69) is 39.9 Å². The molecule has 0 radical (unpaired) electrons. The van der Waals surface area contributed by atoms with E-state index in [0.29, 0.717) is 11.3 Å². The van der Waals surface area contributed by atoms with Gasteiger partial charge in [0.05, 0.1) is 0 Å². The van der Waals surface area contributed by atoms with Gasteiger partial charge >= 0.3 is 0 Å². The Morgan fingerprint density at radius 1 is 1.21 bits per heavy atom. The molecule has 14 heavy (non-hydrogen) atoms.